The Balaban J connectivity index is 2.02. The fourth-order valence-electron chi connectivity index (χ4n) is 2.56. The molecule has 1 aromatic carbocycles. The molecule has 0 saturated carbocycles. The molecule has 6 nitrogen and oxygen atoms in total. The van der Waals surface area contributed by atoms with E-state index in [0.717, 1.165) is 5.56 Å². The van der Waals surface area contributed by atoms with Crippen LogP contribution in [0, 0.1) is 0 Å². The van der Waals surface area contributed by atoms with E-state index in [4.69, 9.17) is 18.9 Å². The molecule has 1 aliphatic rings. The summed E-state index contributed by atoms with van der Waals surface area (Å²) in [6.07, 6.45) is -3.79. The summed E-state index contributed by atoms with van der Waals surface area (Å²) in [6.45, 7) is 3.81. The third-order valence-corrected chi connectivity index (χ3v) is 4.24. The molecule has 1 fully saturated rings. The van der Waals surface area contributed by atoms with E-state index in [1.54, 1.807) is 13.8 Å². The number of methoxy groups -OCH3 is 1. The van der Waals surface area contributed by atoms with Gasteiger partial charge in [-0.2, -0.15) is 0 Å². The number of halogens is 1. The lowest BCUT2D eigenvalue weighted by Gasteiger charge is -2.42. The Labute approximate surface area is 150 Å². The van der Waals surface area contributed by atoms with Crippen molar-refractivity contribution in [3.8, 4) is 0 Å². The maximum atomic E-state index is 11.7. The van der Waals surface area contributed by atoms with Gasteiger partial charge in [0.05, 0.1) is 12.7 Å². The van der Waals surface area contributed by atoms with Crippen LogP contribution in [0.15, 0.2) is 30.3 Å². The maximum absolute atomic E-state index is 11.7. The van der Waals surface area contributed by atoms with E-state index in [1.807, 2.05) is 30.3 Å². The number of ether oxygens (including phenoxy) is 4. The number of rotatable bonds is 6. The summed E-state index contributed by atoms with van der Waals surface area (Å²) in [5.74, 6) is -0.509. The number of aliphatic hydroxyl groups excluding tert-OH is 1. The average Bonchev–Trinajstić information content (AvgIpc) is 2.57. The fourth-order valence-corrected chi connectivity index (χ4v) is 2.67. The first kappa shape index (κ1) is 19.3. The van der Waals surface area contributed by atoms with Crippen LogP contribution >= 0.6 is 15.9 Å². The highest BCUT2D eigenvalue weighted by Gasteiger charge is 2.46. The van der Waals surface area contributed by atoms with Gasteiger partial charge in [-0.1, -0.05) is 46.3 Å². The second-order valence-electron chi connectivity index (χ2n) is 5.71. The van der Waals surface area contributed by atoms with Gasteiger partial charge in [0.25, 0.3) is 0 Å². The van der Waals surface area contributed by atoms with Crippen LogP contribution in [0.25, 0.3) is 0 Å². The van der Waals surface area contributed by atoms with Crippen molar-refractivity contribution < 1.29 is 28.8 Å². The molecule has 0 spiro atoms. The normalized spacial score (nSPS) is 31.5. The summed E-state index contributed by atoms with van der Waals surface area (Å²) >= 11 is 3.13. The Morgan fingerprint density at radius 2 is 2.00 bits per heavy atom. The molecule has 0 aliphatic carbocycles. The molecule has 2 rings (SSSR count). The lowest BCUT2D eigenvalue weighted by Crippen LogP contribution is -2.59. The summed E-state index contributed by atoms with van der Waals surface area (Å²) in [6, 6.07) is 9.70. The van der Waals surface area contributed by atoms with Crippen LogP contribution in [-0.4, -0.2) is 53.7 Å². The highest BCUT2D eigenvalue weighted by atomic mass is 79.9. The maximum Gasteiger partial charge on any atom is 0.321 e. The molecule has 6 atom stereocenters. The first-order valence-electron chi connectivity index (χ1n) is 7.80. The van der Waals surface area contributed by atoms with Gasteiger partial charge in [0.1, 0.15) is 23.1 Å². The molecule has 1 saturated heterocycles. The van der Waals surface area contributed by atoms with Crippen LogP contribution < -0.4 is 0 Å². The Bertz CT molecular complexity index is 523. The molecule has 24 heavy (non-hydrogen) atoms. The molecule has 0 bridgehead atoms. The molecule has 0 amide bonds. The lowest BCUT2D eigenvalue weighted by molar-refractivity contribution is -0.296. The predicted octanol–water partition coefficient (Wildman–Crippen LogP) is 2.02. The third-order valence-electron chi connectivity index (χ3n) is 3.87. The number of hydrogen-bond donors (Lipinski definition) is 1. The molecule has 7 heteroatoms. The monoisotopic (exact) mass is 402 g/mol. The van der Waals surface area contributed by atoms with Gasteiger partial charge in [0.15, 0.2) is 0 Å². The van der Waals surface area contributed by atoms with Gasteiger partial charge in [0, 0.05) is 7.11 Å². The molecule has 1 aromatic rings. The molecule has 1 unspecified atom stereocenters. The molecule has 1 N–H and O–H groups in total. The Hall–Kier alpha value is -0.990. The number of benzene rings is 1. The summed E-state index contributed by atoms with van der Waals surface area (Å²) in [7, 11) is 1.48. The molecular formula is C17H23BrO6. The fraction of sp³-hybridized carbons (Fsp3) is 0.588. The van der Waals surface area contributed by atoms with E-state index < -0.39 is 41.5 Å². The van der Waals surface area contributed by atoms with Crippen molar-refractivity contribution in [3.63, 3.8) is 0 Å². The topological polar surface area (TPSA) is 74.2 Å². The van der Waals surface area contributed by atoms with E-state index in [9.17, 15) is 9.90 Å². The summed E-state index contributed by atoms with van der Waals surface area (Å²) in [4.78, 5) is 11.2. The van der Waals surface area contributed by atoms with E-state index in [0.29, 0.717) is 6.61 Å². The molecular weight excluding hydrogens is 380 g/mol. The minimum Gasteiger partial charge on any atom is -0.432 e. The summed E-state index contributed by atoms with van der Waals surface area (Å²) < 4.78 is 22.1. The zero-order chi connectivity index (χ0) is 17.7. The van der Waals surface area contributed by atoms with Crippen LogP contribution in [0.3, 0.4) is 0 Å². The van der Waals surface area contributed by atoms with Crippen LogP contribution in [0.4, 0.5) is 0 Å². The van der Waals surface area contributed by atoms with Crippen molar-refractivity contribution in [1.29, 1.82) is 0 Å². The number of hydrogen-bond acceptors (Lipinski definition) is 6. The van der Waals surface area contributed by atoms with E-state index in [1.165, 1.54) is 7.11 Å². The minimum atomic E-state index is -1.14. The van der Waals surface area contributed by atoms with Gasteiger partial charge in [-0.05, 0) is 19.4 Å². The zero-order valence-electron chi connectivity index (χ0n) is 13.9. The van der Waals surface area contributed by atoms with Crippen molar-refractivity contribution in [2.45, 2.75) is 56.0 Å². The van der Waals surface area contributed by atoms with Gasteiger partial charge in [-0.15, -0.1) is 0 Å². The standard InChI is InChI=1S/C17H23BrO6/c1-10(18)16(20)24-17-13(19)15(21-3)14(11(2)23-17)22-9-12-7-5-4-6-8-12/h4-8,10-11,13-15,17,19H,9H2,1-3H3/t10?,11-,13+,14-,15-,17-/m0/s1. The predicted molar refractivity (Wildman–Crippen MR) is 90.6 cm³/mol. The second kappa shape index (κ2) is 8.92. The van der Waals surface area contributed by atoms with Crippen LogP contribution in [-0.2, 0) is 30.3 Å². The van der Waals surface area contributed by atoms with Gasteiger partial charge in [-0.3, -0.25) is 4.79 Å². The van der Waals surface area contributed by atoms with Gasteiger partial charge in [-0.25, -0.2) is 0 Å². The van der Waals surface area contributed by atoms with Gasteiger partial charge in [0.2, 0.25) is 6.29 Å². The highest BCUT2D eigenvalue weighted by molar-refractivity contribution is 9.10. The van der Waals surface area contributed by atoms with Crippen LogP contribution in [0.5, 0.6) is 0 Å². The van der Waals surface area contributed by atoms with Crippen molar-refractivity contribution in [1.82, 2.24) is 0 Å². The third kappa shape index (κ3) is 4.77. The van der Waals surface area contributed by atoms with Crippen molar-refractivity contribution in [2.24, 2.45) is 0 Å². The second-order valence-corrected chi connectivity index (χ2v) is 7.09. The Morgan fingerprint density at radius 3 is 2.58 bits per heavy atom. The summed E-state index contributed by atoms with van der Waals surface area (Å²) in [5, 5.41) is 10.4. The Kier molecular flexibility index (Phi) is 7.18. The van der Waals surface area contributed by atoms with Crippen LogP contribution in [0.2, 0.25) is 0 Å². The largest absolute Gasteiger partial charge is 0.432 e. The van der Waals surface area contributed by atoms with Crippen molar-refractivity contribution >= 4 is 21.9 Å². The van der Waals surface area contributed by atoms with Crippen LogP contribution in [0.1, 0.15) is 19.4 Å². The first-order valence-corrected chi connectivity index (χ1v) is 8.72. The zero-order valence-corrected chi connectivity index (χ0v) is 15.5. The number of esters is 1. The van der Waals surface area contributed by atoms with Gasteiger partial charge >= 0.3 is 5.97 Å². The van der Waals surface area contributed by atoms with Gasteiger partial charge < -0.3 is 24.1 Å². The number of aliphatic hydroxyl groups is 1. The van der Waals surface area contributed by atoms with E-state index in [2.05, 4.69) is 15.9 Å². The molecule has 1 heterocycles. The smallest absolute Gasteiger partial charge is 0.321 e. The number of alkyl halides is 1. The van der Waals surface area contributed by atoms with E-state index in [-0.39, 0.29) is 0 Å². The lowest BCUT2D eigenvalue weighted by atomic mass is 9.99. The highest BCUT2D eigenvalue weighted by Crippen LogP contribution is 2.27. The van der Waals surface area contributed by atoms with E-state index >= 15 is 0 Å². The average molecular weight is 403 g/mol. The summed E-state index contributed by atoms with van der Waals surface area (Å²) in [5.41, 5.74) is 1.01. The van der Waals surface area contributed by atoms with Crippen molar-refractivity contribution in [3.05, 3.63) is 35.9 Å². The van der Waals surface area contributed by atoms with Crippen molar-refractivity contribution in [2.75, 3.05) is 7.11 Å². The molecule has 0 radical (unpaired) electrons. The number of carbonyl (C=O) groups excluding carboxylic acids is 1. The quantitative estimate of drug-likeness (QED) is 0.579. The molecule has 1 aliphatic heterocycles. The number of carbonyl (C=O) groups is 1. The molecule has 0 aromatic heterocycles. The SMILES string of the molecule is CO[C@H]1[C@@H](O)[C@H](OC(=O)C(C)Br)O[C@@H](C)[C@@H]1OCc1ccccc1. The first-order chi connectivity index (χ1) is 11.4. The molecule has 134 valence electrons. The minimum absolute atomic E-state index is 0.370. The Morgan fingerprint density at radius 1 is 1.33 bits per heavy atom.